The van der Waals surface area contributed by atoms with Crippen molar-refractivity contribution < 1.29 is 37.3 Å². The first-order chi connectivity index (χ1) is 13.7. The van der Waals surface area contributed by atoms with Crippen molar-refractivity contribution in [3.63, 3.8) is 0 Å². The number of ether oxygens (including phenoxy) is 3. The van der Waals surface area contributed by atoms with Gasteiger partial charge in [-0.2, -0.15) is 13.2 Å². The van der Waals surface area contributed by atoms with Crippen LogP contribution in [0.4, 0.5) is 13.2 Å². The molecule has 0 saturated carbocycles. The van der Waals surface area contributed by atoms with Gasteiger partial charge in [0.1, 0.15) is 18.5 Å². The zero-order valence-corrected chi connectivity index (χ0v) is 16.1. The van der Waals surface area contributed by atoms with Crippen LogP contribution in [-0.4, -0.2) is 36.5 Å². The molecule has 0 heterocycles. The van der Waals surface area contributed by atoms with E-state index < -0.39 is 29.9 Å². The van der Waals surface area contributed by atoms with Crippen LogP contribution in [0.15, 0.2) is 54.6 Å². The zero-order valence-electron chi connectivity index (χ0n) is 16.1. The Kier molecular flexibility index (Phi) is 8.04. The Morgan fingerprint density at radius 2 is 1.62 bits per heavy atom. The fourth-order valence-electron chi connectivity index (χ4n) is 2.63. The summed E-state index contributed by atoms with van der Waals surface area (Å²) in [5, 5.41) is 9.55. The van der Waals surface area contributed by atoms with Gasteiger partial charge in [-0.25, -0.2) is 4.79 Å². The summed E-state index contributed by atoms with van der Waals surface area (Å²) in [5.41, 5.74) is -0.129. The van der Waals surface area contributed by atoms with E-state index in [-0.39, 0.29) is 25.1 Å². The van der Waals surface area contributed by atoms with Crippen molar-refractivity contribution in [2.75, 3.05) is 13.2 Å². The lowest BCUT2D eigenvalue weighted by Gasteiger charge is -2.26. The Labute approximate surface area is 167 Å². The number of hydrogen-bond acceptors (Lipinski definition) is 4. The molecule has 0 aliphatic carbocycles. The Morgan fingerprint density at radius 1 is 1.00 bits per heavy atom. The van der Waals surface area contributed by atoms with E-state index in [0.717, 1.165) is 12.1 Å². The molecule has 0 aliphatic rings. The van der Waals surface area contributed by atoms with Gasteiger partial charge in [-0.3, -0.25) is 0 Å². The second kappa shape index (κ2) is 10.3. The van der Waals surface area contributed by atoms with Gasteiger partial charge in [0.15, 0.2) is 6.10 Å². The number of carboxylic acid groups (broad SMARTS) is 1. The molecule has 2 aromatic rings. The SMILES string of the molecule is CC(C)OC(C(=O)O)C(OCCOc1ccc(C(F)(F)F)cc1)c1ccccc1. The highest BCUT2D eigenvalue weighted by molar-refractivity contribution is 5.73. The standard InChI is InChI=1S/C21H23F3O5/c1-14(2)29-19(20(25)26)18(15-6-4-3-5-7-15)28-13-12-27-17-10-8-16(9-11-17)21(22,23)24/h3-11,14,18-19H,12-13H2,1-2H3,(H,25,26). The molecule has 2 atom stereocenters. The van der Waals surface area contributed by atoms with Crippen molar-refractivity contribution in [2.24, 2.45) is 0 Å². The maximum atomic E-state index is 12.6. The Hall–Kier alpha value is -2.58. The summed E-state index contributed by atoms with van der Waals surface area (Å²) in [6, 6.07) is 13.1. The van der Waals surface area contributed by atoms with E-state index in [4.69, 9.17) is 14.2 Å². The predicted octanol–water partition coefficient (Wildman–Crippen LogP) is 4.72. The molecule has 0 radical (unpaired) electrons. The van der Waals surface area contributed by atoms with E-state index in [1.165, 1.54) is 12.1 Å². The number of rotatable bonds is 10. The van der Waals surface area contributed by atoms with Crippen LogP contribution in [0, 0.1) is 0 Å². The first-order valence-electron chi connectivity index (χ1n) is 9.03. The van der Waals surface area contributed by atoms with Gasteiger partial charge in [-0.15, -0.1) is 0 Å². The largest absolute Gasteiger partial charge is 0.491 e. The van der Waals surface area contributed by atoms with Crippen LogP contribution in [0.5, 0.6) is 5.75 Å². The average molecular weight is 412 g/mol. The Balaban J connectivity index is 2.00. The number of aliphatic carboxylic acids is 1. The third-order valence-corrected chi connectivity index (χ3v) is 3.90. The maximum Gasteiger partial charge on any atom is 0.416 e. The number of hydrogen-bond donors (Lipinski definition) is 1. The molecule has 0 amide bonds. The lowest BCUT2D eigenvalue weighted by molar-refractivity contribution is -0.168. The minimum atomic E-state index is -4.41. The van der Waals surface area contributed by atoms with E-state index in [9.17, 15) is 23.1 Å². The van der Waals surface area contributed by atoms with Crippen molar-refractivity contribution in [3.8, 4) is 5.75 Å². The quantitative estimate of drug-likeness (QED) is 0.572. The van der Waals surface area contributed by atoms with Crippen LogP contribution < -0.4 is 4.74 Å². The van der Waals surface area contributed by atoms with Gasteiger partial charge < -0.3 is 19.3 Å². The van der Waals surface area contributed by atoms with E-state index >= 15 is 0 Å². The van der Waals surface area contributed by atoms with Crippen LogP contribution in [0.25, 0.3) is 0 Å². The minimum absolute atomic E-state index is 0.0197. The van der Waals surface area contributed by atoms with E-state index in [1.807, 2.05) is 0 Å². The molecule has 8 heteroatoms. The summed E-state index contributed by atoms with van der Waals surface area (Å²) in [6.45, 7) is 3.51. The molecule has 29 heavy (non-hydrogen) atoms. The number of alkyl halides is 3. The van der Waals surface area contributed by atoms with E-state index in [0.29, 0.717) is 5.56 Å². The minimum Gasteiger partial charge on any atom is -0.491 e. The van der Waals surface area contributed by atoms with Crippen molar-refractivity contribution in [1.82, 2.24) is 0 Å². The number of carbonyl (C=O) groups is 1. The van der Waals surface area contributed by atoms with Crippen molar-refractivity contribution in [3.05, 3.63) is 65.7 Å². The van der Waals surface area contributed by atoms with Crippen LogP contribution in [0.2, 0.25) is 0 Å². The fourth-order valence-corrected chi connectivity index (χ4v) is 2.63. The molecule has 0 aliphatic heterocycles. The Morgan fingerprint density at radius 3 is 2.14 bits per heavy atom. The fraction of sp³-hybridized carbons (Fsp3) is 0.381. The van der Waals surface area contributed by atoms with Crippen LogP contribution in [0.1, 0.15) is 31.1 Å². The smallest absolute Gasteiger partial charge is 0.416 e. The van der Waals surface area contributed by atoms with Gasteiger partial charge >= 0.3 is 12.1 Å². The second-order valence-electron chi connectivity index (χ2n) is 6.52. The Bertz CT molecular complexity index is 760. The number of benzene rings is 2. The number of carboxylic acids is 1. The molecule has 2 aromatic carbocycles. The molecular formula is C21H23F3O5. The third kappa shape index (κ3) is 7.07. The molecular weight excluding hydrogens is 389 g/mol. The van der Waals surface area contributed by atoms with Gasteiger partial charge in [0.2, 0.25) is 0 Å². The molecule has 0 aromatic heterocycles. The van der Waals surface area contributed by atoms with E-state index in [2.05, 4.69) is 0 Å². The van der Waals surface area contributed by atoms with Gasteiger partial charge in [-0.05, 0) is 43.7 Å². The van der Waals surface area contributed by atoms with E-state index in [1.54, 1.807) is 44.2 Å². The van der Waals surface area contributed by atoms with Crippen LogP contribution in [0.3, 0.4) is 0 Å². The lowest BCUT2D eigenvalue weighted by Crippen LogP contribution is -2.35. The first kappa shape index (κ1) is 22.7. The zero-order chi connectivity index (χ0) is 21.4. The van der Waals surface area contributed by atoms with Crippen LogP contribution in [-0.2, 0) is 20.4 Å². The molecule has 1 N–H and O–H groups in total. The third-order valence-electron chi connectivity index (χ3n) is 3.90. The van der Waals surface area contributed by atoms with Crippen molar-refractivity contribution >= 4 is 5.97 Å². The summed E-state index contributed by atoms with van der Waals surface area (Å²) in [4.78, 5) is 11.7. The van der Waals surface area contributed by atoms with Gasteiger partial charge in [0.25, 0.3) is 0 Å². The summed E-state index contributed by atoms with van der Waals surface area (Å²) in [7, 11) is 0. The highest BCUT2D eigenvalue weighted by atomic mass is 19.4. The normalized spacial score (nSPS) is 13.9. The molecule has 0 spiro atoms. The molecule has 5 nitrogen and oxygen atoms in total. The maximum absolute atomic E-state index is 12.6. The highest BCUT2D eigenvalue weighted by Crippen LogP contribution is 2.30. The molecule has 0 saturated heterocycles. The summed E-state index contributed by atoms with van der Waals surface area (Å²) in [5.74, 6) is -0.901. The van der Waals surface area contributed by atoms with Gasteiger partial charge in [-0.1, -0.05) is 30.3 Å². The van der Waals surface area contributed by atoms with Gasteiger partial charge in [0.05, 0.1) is 18.3 Å². The first-order valence-corrected chi connectivity index (χ1v) is 9.03. The van der Waals surface area contributed by atoms with Crippen LogP contribution >= 0.6 is 0 Å². The topological polar surface area (TPSA) is 65.0 Å². The summed E-state index contributed by atoms with van der Waals surface area (Å²) in [6.07, 6.45) is -6.82. The highest BCUT2D eigenvalue weighted by Gasteiger charge is 2.32. The molecule has 0 fully saturated rings. The molecule has 158 valence electrons. The van der Waals surface area contributed by atoms with Crippen molar-refractivity contribution in [1.29, 1.82) is 0 Å². The predicted molar refractivity (Wildman–Crippen MR) is 99.7 cm³/mol. The average Bonchev–Trinajstić information content (AvgIpc) is 2.66. The molecule has 0 bridgehead atoms. The second-order valence-corrected chi connectivity index (χ2v) is 6.52. The summed E-state index contributed by atoms with van der Waals surface area (Å²) >= 11 is 0. The molecule has 2 rings (SSSR count). The lowest BCUT2D eigenvalue weighted by atomic mass is 10.0. The monoisotopic (exact) mass is 412 g/mol. The summed E-state index contributed by atoms with van der Waals surface area (Å²) < 4.78 is 54.4. The van der Waals surface area contributed by atoms with Gasteiger partial charge in [0, 0.05) is 0 Å². The van der Waals surface area contributed by atoms with Crippen molar-refractivity contribution in [2.45, 2.75) is 38.3 Å². The molecule has 2 unspecified atom stereocenters. The number of halogens is 3.